The van der Waals surface area contributed by atoms with Gasteiger partial charge in [-0.25, -0.2) is 4.79 Å². The lowest BCUT2D eigenvalue weighted by atomic mass is 9.96. The van der Waals surface area contributed by atoms with E-state index in [0.717, 1.165) is 12.8 Å². The SMILES string of the molecule is CCC(CC)(OC)c1noc(-c2ccc(C(=O)O)cc2)n1. The quantitative estimate of drug-likeness (QED) is 0.879. The number of methoxy groups -OCH3 is 1. The summed E-state index contributed by atoms with van der Waals surface area (Å²) in [6.07, 6.45) is 1.47. The number of ether oxygens (including phenoxy) is 1. The van der Waals surface area contributed by atoms with E-state index < -0.39 is 11.6 Å². The highest BCUT2D eigenvalue weighted by atomic mass is 16.5. The lowest BCUT2D eigenvalue weighted by Gasteiger charge is -2.25. The molecule has 1 aromatic heterocycles. The summed E-state index contributed by atoms with van der Waals surface area (Å²) in [5.41, 5.74) is 0.339. The van der Waals surface area contributed by atoms with Crippen LogP contribution in [0, 0.1) is 0 Å². The van der Waals surface area contributed by atoms with E-state index in [0.29, 0.717) is 17.3 Å². The molecule has 0 radical (unpaired) electrons. The van der Waals surface area contributed by atoms with Gasteiger partial charge < -0.3 is 14.4 Å². The van der Waals surface area contributed by atoms with Crippen molar-refractivity contribution in [3.05, 3.63) is 35.7 Å². The van der Waals surface area contributed by atoms with Crippen LogP contribution in [0.3, 0.4) is 0 Å². The number of carboxylic acid groups (broad SMARTS) is 1. The van der Waals surface area contributed by atoms with Gasteiger partial charge in [0.2, 0.25) is 5.82 Å². The zero-order chi connectivity index (χ0) is 15.5. The normalized spacial score (nSPS) is 11.6. The molecule has 0 amide bonds. The van der Waals surface area contributed by atoms with Crippen LogP contribution < -0.4 is 0 Å². The number of benzene rings is 1. The molecular formula is C15H18N2O4. The topological polar surface area (TPSA) is 85.5 Å². The maximum Gasteiger partial charge on any atom is 0.335 e. The highest BCUT2D eigenvalue weighted by Gasteiger charge is 2.33. The predicted octanol–water partition coefficient (Wildman–Crippen LogP) is 3.10. The molecule has 1 N–H and O–H groups in total. The fraction of sp³-hybridized carbons (Fsp3) is 0.400. The first-order chi connectivity index (χ1) is 10.1. The second-order valence-corrected chi connectivity index (χ2v) is 4.71. The van der Waals surface area contributed by atoms with Crippen LogP contribution in [0.15, 0.2) is 28.8 Å². The van der Waals surface area contributed by atoms with E-state index in [4.69, 9.17) is 14.4 Å². The molecule has 0 aliphatic heterocycles. The molecule has 21 heavy (non-hydrogen) atoms. The van der Waals surface area contributed by atoms with Gasteiger partial charge in [0.15, 0.2) is 0 Å². The Kier molecular flexibility index (Phi) is 4.37. The van der Waals surface area contributed by atoms with Gasteiger partial charge in [0.05, 0.1) is 5.56 Å². The summed E-state index contributed by atoms with van der Waals surface area (Å²) in [4.78, 5) is 15.2. The fourth-order valence-electron chi connectivity index (χ4n) is 2.23. The molecule has 1 heterocycles. The third kappa shape index (κ3) is 2.80. The molecule has 0 aliphatic rings. The van der Waals surface area contributed by atoms with E-state index in [9.17, 15) is 4.79 Å². The van der Waals surface area contributed by atoms with Crippen molar-refractivity contribution in [1.29, 1.82) is 0 Å². The van der Waals surface area contributed by atoms with Gasteiger partial charge in [0, 0.05) is 12.7 Å². The van der Waals surface area contributed by atoms with Gasteiger partial charge in [0.25, 0.3) is 5.89 Å². The Morgan fingerprint density at radius 1 is 1.29 bits per heavy atom. The molecule has 0 spiro atoms. The van der Waals surface area contributed by atoms with Crippen molar-refractivity contribution in [3.8, 4) is 11.5 Å². The van der Waals surface area contributed by atoms with Crippen molar-refractivity contribution in [2.45, 2.75) is 32.3 Å². The van der Waals surface area contributed by atoms with Crippen LogP contribution in [0.5, 0.6) is 0 Å². The first-order valence-corrected chi connectivity index (χ1v) is 6.79. The summed E-state index contributed by atoms with van der Waals surface area (Å²) in [5.74, 6) is -0.110. The first kappa shape index (κ1) is 15.2. The smallest absolute Gasteiger partial charge is 0.335 e. The monoisotopic (exact) mass is 290 g/mol. The van der Waals surface area contributed by atoms with E-state index in [1.807, 2.05) is 13.8 Å². The lowest BCUT2D eigenvalue weighted by Crippen LogP contribution is -2.28. The highest BCUT2D eigenvalue weighted by molar-refractivity contribution is 5.88. The zero-order valence-electron chi connectivity index (χ0n) is 12.3. The van der Waals surface area contributed by atoms with Gasteiger partial charge in [-0.05, 0) is 37.1 Å². The van der Waals surface area contributed by atoms with Crippen molar-refractivity contribution in [2.24, 2.45) is 0 Å². The van der Waals surface area contributed by atoms with E-state index in [-0.39, 0.29) is 5.56 Å². The Balaban J connectivity index is 2.33. The van der Waals surface area contributed by atoms with Gasteiger partial charge >= 0.3 is 5.97 Å². The zero-order valence-corrected chi connectivity index (χ0v) is 12.3. The maximum atomic E-state index is 10.8. The van der Waals surface area contributed by atoms with E-state index >= 15 is 0 Å². The van der Waals surface area contributed by atoms with Crippen LogP contribution in [0.25, 0.3) is 11.5 Å². The number of carbonyl (C=O) groups is 1. The summed E-state index contributed by atoms with van der Waals surface area (Å²) in [7, 11) is 1.63. The first-order valence-electron chi connectivity index (χ1n) is 6.79. The van der Waals surface area contributed by atoms with Crippen molar-refractivity contribution >= 4 is 5.97 Å². The molecule has 2 rings (SSSR count). The second kappa shape index (κ2) is 6.05. The van der Waals surface area contributed by atoms with E-state index in [2.05, 4.69) is 10.1 Å². The van der Waals surface area contributed by atoms with E-state index in [1.165, 1.54) is 12.1 Å². The van der Waals surface area contributed by atoms with Crippen LogP contribution in [-0.4, -0.2) is 28.3 Å². The number of hydrogen-bond acceptors (Lipinski definition) is 5. The van der Waals surface area contributed by atoms with Gasteiger partial charge in [-0.1, -0.05) is 19.0 Å². The van der Waals surface area contributed by atoms with Crippen molar-refractivity contribution in [3.63, 3.8) is 0 Å². The van der Waals surface area contributed by atoms with Gasteiger partial charge in [-0.15, -0.1) is 0 Å². The van der Waals surface area contributed by atoms with Gasteiger partial charge in [-0.2, -0.15) is 4.98 Å². The van der Waals surface area contributed by atoms with Crippen LogP contribution in [0.4, 0.5) is 0 Å². The fourth-order valence-corrected chi connectivity index (χ4v) is 2.23. The molecule has 112 valence electrons. The predicted molar refractivity (Wildman–Crippen MR) is 76.0 cm³/mol. The molecule has 1 aromatic carbocycles. The lowest BCUT2D eigenvalue weighted by molar-refractivity contribution is -0.0306. The molecule has 6 nitrogen and oxygen atoms in total. The molecule has 0 unspecified atom stereocenters. The van der Waals surface area contributed by atoms with Crippen LogP contribution in [-0.2, 0) is 10.3 Å². The molecule has 0 aliphatic carbocycles. The minimum absolute atomic E-state index is 0.215. The van der Waals surface area contributed by atoms with Gasteiger partial charge in [-0.3, -0.25) is 0 Å². The average molecular weight is 290 g/mol. The Hall–Kier alpha value is -2.21. The van der Waals surface area contributed by atoms with Crippen molar-refractivity contribution < 1.29 is 19.2 Å². The third-order valence-corrected chi connectivity index (χ3v) is 3.75. The summed E-state index contributed by atoms with van der Waals surface area (Å²) in [6, 6.07) is 6.30. The number of carboxylic acids is 1. The number of rotatable bonds is 6. The molecule has 2 aromatic rings. The van der Waals surface area contributed by atoms with Crippen molar-refractivity contribution in [2.75, 3.05) is 7.11 Å². The molecule has 0 saturated carbocycles. The molecule has 0 bridgehead atoms. The Morgan fingerprint density at radius 2 is 1.90 bits per heavy atom. The minimum atomic E-state index is -0.969. The Labute approximate surface area is 122 Å². The molecule has 0 atom stereocenters. The maximum absolute atomic E-state index is 10.8. The Bertz CT molecular complexity index is 607. The molecule has 0 fully saturated rings. The van der Waals surface area contributed by atoms with Gasteiger partial charge in [0.1, 0.15) is 5.60 Å². The minimum Gasteiger partial charge on any atom is -0.478 e. The van der Waals surface area contributed by atoms with Crippen LogP contribution in [0.2, 0.25) is 0 Å². The third-order valence-electron chi connectivity index (χ3n) is 3.75. The van der Waals surface area contributed by atoms with Crippen LogP contribution in [0.1, 0.15) is 42.9 Å². The second-order valence-electron chi connectivity index (χ2n) is 4.71. The number of nitrogens with zero attached hydrogens (tertiary/aromatic N) is 2. The molecule has 6 heteroatoms. The van der Waals surface area contributed by atoms with Crippen molar-refractivity contribution in [1.82, 2.24) is 10.1 Å². The standard InChI is InChI=1S/C15H18N2O4/c1-4-15(5-2,20-3)14-16-12(21-17-14)10-6-8-11(9-7-10)13(18)19/h6-9H,4-5H2,1-3H3,(H,18,19). The summed E-state index contributed by atoms with van der Waals surface area (Å²) in [6.45, 7) is 4.01. The van der Waals surface area contributed by atoms with E-state index in [1.54, 1.807) is 19.2 Å². The summed E-state index contributed by atoms with van der Waals surface area (Å²) in [5, 5.41) is 12.9. The number of aromatic carboxylic acids is 1. The average Bonchev–Trinajstić information content (AvgIpc) is 3.00. The Morgan fingerprint density at radius 3 is 2.38 bits per heavy atom. The molecular weight excluding hydrogens is 272 g/mol. The largest absolute Gasteiger partial charge is 0.478 e. The van der Waals surface area contributed by atoms with Crippen LogP contribution >= 0.6 is 0 Å². The highest BCUT2D eigenvalue weighted by Crippen LogP contribution is 2.31. The number of aromatic nitrogens is 2. The number of hydrogen-bond donors (Lipinski definition) is 1. The summed E-state index contributed by atoms with van der Waals surface area (Å²) >= 11 is 0. The summed E-state index contributed by atoms with van der Waals surface area (Å²) < 4.78 is 10.8. The molecule has 0 saturated heterocycles.